The average molecular weight is 248 g/mol. The predicted molar refractivity (Wildman–Crippen MR) is 69.2 cm³/mol. The second-order valence-electron chi connectivity index (χ2n) is 4.72. The zero-order valence-electron chi connectivity index (χ0n) is 10.8. The maximum Gasteiger partial charge on any atom is 0.158 e. The molecular weight excluding hydrogens is 228 g/mol. The molecule has 1 aliphatic heterocycles. The van der Waals surface area contributed by atoms with Crippen LogP contribution in [0, 0.1) is 0 Å². The molecule has 1 heterocycles. The number of ether oxygens (including phenoxy) is 2. The Balaban J connectivity index is 1.83. The van der Waals surface area contributed by atoms with Gasteiger partial charge in [0, 0.05) is 12.8 Å². The molecule has 18 heavy (non-hydrogen) atoms. The summed E-state index contributed by atoms with van der Waals surface area (Å²) in [6, 6.07) is 10.2. The van der Waals surface area contributed by atoms with E-state index >= 15 is 0 Å². The summed E-state index contributed by atoms with van der Waals surface area (Å²) in [6.45, 7) is 2.35. The number of hydrogen-bond donors (Lipinski definition) is 0. The van der Waals surface area contributed by atoms with Crippen molar-refractivity contribution in [1.29, 1.82) is 0 Å². The molecule has 0 radical (unpaired) electrons. The van der Waals surface area contributed by atoms with Gasteiger partial charge in [0.15, 0.2) is 6.29 Å². The fraction of sp³-hybridized carbons (Fsp3) is 0.533. The first kappa shape index (κ1) is 13.2. The van der Waals surface area contributed by atoms with Gasteiger partial charge in [-0.15, -0.1) is 0 Å². The SMILES string of the molecule is CC(=O)CCCC1OCC[C@H](c2ccccc2)O1. The highest BCUT2D eigenvalue weighted by molar-refractivity contribution is 5.75. The summed E-state index contributed by atoms with van der Waals surface area (Å²) in [6.07, 6.45) is 3.10. The lowest BCUT2D eigenvalue weighted by Crippen LogP contribution is -2.27. The van der Waals surface area contributed by atoms with Crippen molar-refractivity contribution in [2.75, 3.05) is 6.61 Å². The molecule has 1 aliphatic rings. The molecule has 1 unspecified atom stereocenters. The zero-order chi connectivity index (χ0) is 12.8. The number of benzene rings is 1. The van der Waals surface area contributed by atoms with Crippen LogP contribution in [0.2, 0.25) is 0 Å². The molecule has 98 valence electrons. The Hall–Kier alpha value is -1.19. The monoisotopic (exact) mass is 248 g/mol. The second kappa shape index (κ2) is 6.66. The van der Waals surface area contributed by atoms with Crippen LogP contribution in [0.15, 0.2) is 30.3 Å². The molecule has 1 aromatic carbocycles. The minimum atomic E-state index is -0.164. The maximum absolute atomic E-state index is 10.9. The molecule has 1 fully saturated rings. The average Bonchev–Trinajstić information content (AvgIpc) is 2.40. The van der Waals surface area contributed by atoms with Crippen LogP contribution in [0.5, 0.6) is 0 Å². The Morgan fingerprint density at radius 3 is 2.83 bits per heavy atom. The van der Waals surface area contributed by atoms with Crippen molar-refractivity contribution in [2.45, 2.75) is 45.0 Å². The largest absolute Gasteiger partial charge is 0.353 e. The highest BCUT2D eigenvalue weighted by Gasteiger charge is 2.23. The molecule has 0 aliphatic carbocycles. The molecule has 1 aromatic rings. The van der Waals surface area contributed by atoms with E-state index in [0.29, 0.717) is 6.42 Å². The van der Waals surface area contributed by atoms with Crippen LogP contribution in [0.3, 0.4) is 0 Å². The van der Waals surface area contributed by atoms with Crippen molar-refractivity contribution < 1.29 is 14.3 Å². The molecule has 1 saturated heterocycles. The number of Topliss-reactive ketones (excluding diaryl/α,β-unsaturated/α-hetero) is 1. The van der Waals surface area contributed by atoms with Gasteiger partial charge in [-0.25, -0.2) is 0 Å². The van der Waals surface area contributed by atoms with Gasteiger partial charge in [0.1, 0.15) is 5.78 Å². The van der Waals surface area contributed by atoms with Gasteiger partial charge in [0.05, 0.1) is 12.7 Å². The Bertz CT molecular complexity index is 375. The molecule has 0 aromatic heterocycles. The van der Waals surface area contributed by atoms with Crippen LogP contribution in [0.25, 0.3) is 0 Å². The van der Waals surface area contributed by atoms with Crippen LogP contribution in [0.1, 0.15) is 44.3 Å². The molecule has 0 amide bonds. The predicted octanol–water partition coefficient (Wildman–Crippen LogP) is 3.25. The van der Waals surface area contributed by atoms with Crippen molar-refractivity contribution >= 4 is 5.78 Å². The highest BCUT2D eigenvalue weighted by atomic mass is 16.7. The first-order chi connectivity index (χ1) is 8.75. The Labute approximate surface area is 108 Å². The van der Waals surface area contributed by atoms with Gasteiger partial charge in [0.2, 0.25) is 0 Å². The van der Waals surface area contributed by atoms with Crippen molar-refractivity contribution in [3.8, 4) is 0 Å². The summed E-state index contributed by atoms with van der Waals surface area (Å²) >= 11 is 0. The van der Waals surface area contributed by atoms with Gasteiger partial charge in [-0.1, -0.05) is 30.3 Å². The fourth-order valence-corrected chi connectivity index (χ4v) is 2.18. The van der Waals surface area contributed by atoms with Crippen molar-refractivity contribution in [3.63, 3.8) is 0 Å². The summed E-state index contributed by atoms with van der Waals surface area (Å²) in [5.74, 6) is 0.227. The Morgan fingerprint density at radius 2 is 2.11 bits per heavy atom. The summed E-state index contributed by atoms with van der Waals surface area (Å²) in [7, 11) is 0. The third kappa shape index (κ3) is 3.93. The standard InChI is InChI=1S/C15H20O3/c1-12(16)6-5-9-15-17-11-10-14(18-15)13-7-3-2-4-8-13/h2-4,7-8,14-15H,5-6,9-11H2,1H3/t14-,15?/m1/s1. The lowest BCUT2D eigenvalue weighted by molar-refractivity contribution is -0.217. The molecule has 0 bridgehead atoms. The molecular formula is C15H20O3. The number of carbonyl (C=O) groups is 1. The molecule has 0 saturated carbocycles. The normalized spacial score (nSPS) is 23.8. The zero-order valence-corrected chi connectivity index (χ0v) is 10.8. The number of rotatable bonds is 5. The van der Waals surface area contributed by atoms with Crippen LogP contribution in [0.4, 0.5) is 0 Å². The van der Waals surface area contributed by atoms with Gasteiger partial charge in [-0.2, -0.15) is 0 Å². The van der Waals surface area contributed by atoms with E-state index in [-0.39, 0.29) is 18.2 Å². The molecule has 0 N–H and O–H groups in total. The first-order valence-corrected chi connectivity index (χ1v) is 6.57. The molecule has 0 spiro atoms. The summed E-state index contributed by atoms with van der Waals surface area (Å²) in [4.78, 5) is 10.9. The van der Waals surface area contributed by atoms with E-state index in [4.69, 9.17) is 9.47 Å². The molecule has 2 rings (SSSR count). The van der Waals surface area contributed by atoms with Crippen molar-refractivity contribution in [1.82, 2.24) is 0 Å². The van der Waals surface area contributed by atoms with Gasteiger partial charge in [-0.3, -0.25) is 0 Å². The van der Waals surface area contributed by atoms with E-state index in [1.165, 1.54) is 5.56 Å². The van der Waals surface area contributed by atoms with E-state index in [9.17, 15) is 4.79 Å². The lowest BCUT2D eigenvalue weighted by Gasteiger charge is -2.30. The van der Waals surface area contributed by atoms with Crippen molar-refractivity contribution in [2.24, 2.45) is 0 Å². The fourth-order valence-electron chi connectivity index (χ4n) is 2.18. The minimum Gasteiger partial charge on any atom is -0.353 e. The van der Waals surface area contributed by atoms with E-state index in [1.807, 2.05) is 18.2 Å². The summed E-state index contributed by atoms with van der Waals surface area (Å²) in [5.41, 5.74) is 1.21. The quantitative estimate of drug-likeness (QED) is 0.802. The number of ketones is 1. The van der Waals surface area contributed by atoms with Gasteiger partial charge < -0.3 is 14.3 Å². The van der Waals surface area contributed by atoms with E-state index in [2.05, 4.69) is 12.1 Å². The topological polar surface area (TPSA) is 35.5 Å². The second-order valence-corrected chi connectivity index (χ2v) is 4.72. The smallest absolute Gasteiger partial charge is 0.158 e. The van der Waals surface area contributed by atoms with E-state index in [1.54, 1.807) is 6.92 Å². The van der Waals surface area contributed by atoms with Crippen LogP contribution < -0.4 is 0 Å². The minimum absolute atomic E-state index is 0.127. The Morgan fingerprint density at radius 1 is 1.33 bits per heavy atom. The van der Waals surface area contributed by atoms with E-state index < -0.39 is 0 Å². The van der Waals surface area contributed by atoms with Gasteiger partial charge in [0.25, 0.3) is 0 Å². The van der Waals surface area contributed by atoms with Crippen LogP contribution >= 0.6 is 0 Å². The highest BCUT2D eigenvalue weighted by Crippen LogP contribution is 2.28. The van der Waals surface area contributed by atoms with Gasteiger partial charge in [-0.05, 0) is 25.3 Å². The molecule has 2 atom stereocenters. The summed E-state index contributed by atoms with van der Waals surface area (Å²) in [5, 5.41) is 0. The third-order valence-corrected chi connectivity index (χ3v) is 3.14. The van der Waals surface area contributed by atoms with Crippen LogP contribution in [-0.4, -0.2) is 18.7 Å². The number of hydrogen-bond acceptors (Lipinski definition) is 3. The lowest BCUT2D eigenvalue weighted by atomic mass is 10.1. The molecule has 3 heteroatoms. The maximum atomic E-state index is 10.9. The van der Waals surface area contributed by atoms with Crippen LogP contribution in [-0.2, 0) is 14.3 Å². The Kier molecular flexibility index (Phi) is 4.90. The van der Waals surface area contributed by atoms with Crippen molar-refractivity contribution in [3.05, 3.63) is 35.9 Å². The third-order valence-electron chi connectivity index (χ3n) is 3.14. The first-order valence-electron chi connectivity index (χ1n) is 6.57. The van der Waals surface area contributed by atoms with E-state index in [0.717, 1.165) is 25.9 Å². The van der Waals surface area contributed by atoms with Gasteiger partial charge >= 0.3 is 0 Å². The molecule has 3 nitrogen and oxygen atoms in total. The number of carbonyl (C=O) groups excluding carboxylic acids is 1. The summed E-state index contributed by atoms with van der Waals surface area (Å²) < 4.78 is 11.5.